The van der Waals surface area contributed by atoms with E-state index in [9.17, 15) is 13.2 Å². The summed E-state index contributed by atoms with van der Waals surface area (Å²) in [7, 11) is -3.79. The Morgan fingerprint density at radius 1 is 1.09 bits per heavy atom. The monoisotopic (exact) mass is 458 g/mol. The van der Waals surface area contributed by atoms with E-state index >= 15 is 0 Å². The van der Waals surface area contributed by atoms with E-state index in [4.69, 9.17) is 8.94 Å². The Balaban J connectivity index is 1.41. The summed E-state index contributed by atoms with van der Waals surface area (Å²) in [6, 6.07) is 9.91. The van der Waals surface area contributed by atoms with Crippen LogP contribution in [0.5, 0.6) is 0 Å². The van der Waals surface area contributed by atoms with Crippen molar-refractivity contribution in [2.45, 2.75) is 31.8 Å². The van der Waals surface area contributed by atoms with Crippen LogP contribution in [0.15, 0.2) is 56.5 Å². The number of aryl methyl sites for hydroxylation is 2. The van der Waals surface area contributed by atoms with E-state index in [1.54, 1.807) is 23.1 Å². The lowest BCUT2D eigenvalue weighted by Gasteiger charge is -2.34. The third-order valence-corrected chi connectivity index (χ3v) is 6.88. The van der Waals surface area contributed by atoms with Crippen LogP contribution >= 0.6 is 0 Å². The van der Waals surface area contributed by atoms with Crippen LogP contribution < -0.4 is 4.72 Å². The molecule has 0 saturated carbocycles. The predicted octanol–water partition coefficient (Wildman–Crippen LogP) is 2.32. The Hall–Kier alpha value is -2.95. The number of carbonyl (C=O) groups excluding carboxylic acids is 1. The van der Waals surface area contributed by atoms with Crippen molar-refractivity contribution >= 4 is 15.9 Å². The molecule has 32 heavy (non-hydrogen) atoms. The van der Waals surface area contributed by atoms with Crippen LogP contribution in [0.3, 0.4) is 0 Å². The summed E-state index contributed by atoms with van der Waals surface area (Å²) in [4.78, 5) is 17.2. The Kier molecular flexibility index (Phi) is 6.45. The van der Waals surface area contributed by atoms with Crippen molar-refractivity contribution in [2.75, 3.05) is 26.2 Å². The second-order valence-electron chi connectivity index (χ2n) is 7.88. The van der Waals surface area contributed by atoms with Gasteiger partial charge < -0.3 is 13.8 Å². The zero-order chi connectivity index (χ0) is 22.7. The molecule has 0 radical (unpaired) electrons. The maximum absolute atomic E-state index is 13.2. The number of furan rings is 1. The molecule has 1 fully saturated rings. The summed E-state index contributed by atoms with van der Waals surface area (Å²) in [5, 5.41) is 3.90. The molecule has 1 amide bonds. The molecule has 0 atom stereocenters. The van der Waals surface area contributed by atoms with Crippen LogP contribution in [0.4, 0.5) is 0 Å². The van der Waals surface area contributed by atoms with Crippen molar-refractivity contribution in [3.8, 4) is 0 Å². The van der Waals surface area contributed by atoms with Crippen LogP contribution in [0.25, 0.3) is 0 Å². The largest absolute Gasteiger partial charge is 0.468 e. The topological polar surface area (TPSA) is 109 Å². The van der Waals surface area contributed by atoms with E-state index in [0.29, 0.717) is 44.0 Å². The summed E-state index contributed by atoms with van der Waals surface area (Å²) in [6.07, 6.45) is 1.48. The first-order valence-electron chi connectivity index (χ1n) is 10.4. The van der Waals surface area contributed by atoms with E-state index in [2.05, 4.69) is 14.8 Å². The normalized spacial score (nSPS) is 15.2. The second-order valence-corrected chi connectivity index (χ2v) is 9.65. The zero-order valence-electron chi connectivity index (χ0n) is 18.1. The van der Waals surface area contributed by atoms with Gasteiger partial charge in [-0.3, -0.25) is 9.69 Å². The van der Waals surface area contributed by atoms with Crippen molar-refractivity contribution in [1.82, 2.24) is 19.7 Å². The van der Waals surface area contributed by atoms with Gasteiger partial charge in [-0.2, -0.15) is 0 Å². The van der Waals surface area contributed by atoms with E-state index in [-0.39, 0.29) is 17.3 Å². The first-order valence-corrected chi connectivity index (χ1v) is 11.9. The molecule has 0 spiro atoms. The molecular weight excluding hydrogens is 432 g/mol. The van der Waals surface area contributed by atoms with Gasteiger partial charge in [0.05, 0.1) is 29.9 Å². The van der Waals surface area contributed by atoms with Gasteiger partial charge in [0.1, 0.15) is 5.76 Å². The minimum absolute atomic E-state index is 0.0408. The van der Waals surface area contributed by atoms with Crippen LogP contribution in [-0.2, 0) is 23.1 Å². The Labute approximate surface area is 187 Å². The maximum Gasteiger partial charge on any atom is 0.254 e. The van der Waals surface area contributed by atoms with Gasteiger partial charge in [-0.15, -0.1) is 0 Å². The predicted molar refractivity (Wildman–Crippen MR) is 116 cm³/mol. The second kappa shape index (κ2) is 9.27. The van der Waals surface area contributed by atoms with Crippen molar-refractivity contribution in [2.24, 2.45) is 0 Å². The number of hydrogen-bond acceptors (Lipinski definition) is 7. The van der Waals surface area contributed by atoms with E-state index in [1.807, 2.05) is 19.9 Å². The molecule has 4 rings (SSSR count). The number of benzene rings is 1. The summed E-state index contributed by atoms with van der Waals surface area (Å²) in [5.74, 6) is 1.15. The highest BCUT2D eigenvalue weighted by atomic mass is 32.2. The van der Waals surface area contributed by atoms with Crippen LogP contribution in [0.2, 0.25) is 0 Å². The third-order valence-electron chi connectivity index (χ3n) is 5.48. The minimum atomic E-state index is -3.79. The lowest BCUT2D eigenvalue weighted by Crippen LogP contribution is -2.48. The molecule has 1 aromatic carbocycles. The molecule has 0 unspecified atom stereocenters. The van der Waals surface area contributed by atoms with E-state index in [0.717, 1.165) is 17.0 Å². The van der Waals surface area contributed by atoms with Gasteiger partial charge in [-0.05, 0) is 43.7 Å². The number of rotatable bonds is 7. The number of piperazine rings is 1. The van der Waals surface area contributed by atoms with Gasteiger partial charge in [-0.1, -0.05) is 11.2 Å². The fourth-order valence-corrected chi connectivity index (χ4v) is 4.67. The van der Waals surface area contributed by atoms with Gasteiger partial charge in [0.2, 0.25) is 10.0 Å². The van der Waals surface area contributed by atoms with Crippen LogP contribution in [0, 0.1) is 13.8 Å². The lowest BCUT2D eigenvalue weighted by atomic mass is 10.1. The standard InChI is InChI=1S/C22H26N4O5S/c1-16-5-6-20(32(28,29)23-14-18-4-3-11-30-18)13-21(16)22(27)26-9-7-25(8-10-26)15-19-12-17(2)24-31-19/h3-6,11-13,23H,7-10,14-15H2,1-2H3. The summed E-state index contributed by atoms with van der Waals surface area (Å²) in [5.41, 5.74) is 1.97. The average Bonchev–Trinajstić information content (AvgIpc) is 3.44. The quantitative estimate of drug-likeness (QED) is 0.579. The number of carbonyl (C=O) groups is 1. The van der Waals surface area contributed by atoms with Gasteiger partial charge in [0.15, 0.2) is 5.76 Å². The number of nitrogens with zero attached hydrogens (tertiary/aromatic N) is 3. The Morgan fingerprint density at radius 3 is 2.53 bits per heavy atom. The number of hydrogen-bond donors (Lipinski definition) is 1. The molecule has 10 heteroatoms. The maximum atomic E-state index is 13.2. The Morgan fingerprint density at radius 2 is 1.88 bits per heavy atom. The zero-order valence-corrected chi connectivity index (χ0v) is 18.9. The molecular formula is C22H26N4O5S. The first kappa shape index (κ1) is 22.3. The molecule has 1 aliphatic heterocycles. The average molecular weight is 459 g/mol. The van der Waals surface area contributed by atoms with Gasteiger partial charge >= 0.3 is 0 Å². The summed E-state index contributed by atoms with van der Waals surface area (Å²) in [6.45, 7) is 6.89. The summed E-state index contributed by atoms with van der Waals surface area (Å²) < 4.78 is 38.4. The van der Waals surface area contributed by atoms with Gasteiger partial charge in [-0.25, -0.2) is 13.1 Å². The van der Waals surface area contributed by atoms with Crippen LogP contribution in [-0.4, -0.2) is 55.5 Å². The molecule has 2 aromatic heterocycles. The first-order chi connectivity index (χ1) is 15.3. The fourth-order valence-electron chi connectivity index (χ4n) is 3.65. The SMILES string of the molecule is Cc1cc(CN2CCN(C(=O)c3cc(S(=O)(=O)NCc4ccco4)ccc3C)CC2)on1. The van der Waals surface area contributed by atoms with Crippen molar-refractivity contribution in [3.63, 3.8) is 0 Å². The number of aromatic nitrogens is 1. The minimum Gasteiger partial charge on any atom is -0.468 e. The molecule has 1 aliphatic rings. The van der Waals surface area contributed by atoms with Gasteiger partial charge in [0, 0.05) is 37.8 Å². The smallest absolute Gasteiger partial charge is 0.254 e. The lowest BCUT2D eigenvalue weighted by molar-refractivity contribution is 0.0616. The summed E-state index contributed by atoms with van der Waals surface area (Å²) >= 11 is 0. The third kappa shape index (κ3) is 5.09. The van der Waals surface area contributed by atoms with Crippen molar-refractivity contribution in [3.05, 3.63) is 71.0 Å². The highest BCUT2D eigenvalue weighted by Gasteiger charge is 2.25. The molecule has 0 bridgehead atoms. The fraction of sp³-hybridized carbons (Fsp3) is 0.364. The molecule has 9 nitrogen and oxygen atoms in total. The number of nitrogens with one attached hydrogen (secondary N) is 1. The van der Waals surface area contributed by atoms with Crippen molar-refractivity contribution in [1.29, 1.82) is 0 Å². The van der Waals surface area contributed by atoms with E-state index < -0.39 is 10.0 Å². The molecule has 170 valence electrons. The van der Waals surface area contributed by atoms with E-state index in [1.165, 1.54) is 18.4 Å². The van der Waals surface area contributed by atoms with Crippen molar-refractivity contribution < 1.29 is 22.2 Å². The van der Waals surface area contributed by atoms with Gasteiger partial charge in [0.25, 0.3) is 5.91 Å². The molecule has 1 N–H and O–H groups in total. The highest BCUT2D eigenvalue weighted by molar-refractivity contribution is 7.89. The Bertz CT molecular complexity index is 1180. The molecule has 3 heterocycles. The number of sulfonamides is 1. The van der Waals surface area contributed by atoms with Crippen LogP contribution in [0.1, 0.15) is 33.1 Å². The molecule has 1 saturated heterocycles. The molecule has 3 aromatic rings. The highest BCUT2D eigenvalue weighted by Crippen LogP contribution is 2.19. The number of amides is 1. The molecule has 0 aliphatic carbocycles.